The summed E-state index contributed by atoms with van der Waals surface area (Å²) in [6.07, 6.45) is 0. The van der Waals surface area contributed by atoms with Crippen molar-refractivity contribution in [3.63, 3.8) is 0 Å². The minimum absolute atomic E-state index is 0.0404. The van der Waals surface area contributed by atoms with Gasteiger partial charge in [0.15, 0.2) is 0 Å². The van der Waals surface area contributed by atoms with Crippen molar-refractivity contribution in [2.45, 2.75) is 57.6 Å². The maximum Gasteiger partial charge on any atom is 0.242 e. The van der Waals surface area contributed by atoms with Crippen molar-refractivity contribution in [2.24, 2.45) is 0 Å². The third kappa shape index (κ3) is 7.20. The number of nitrogens with zero attached hydrogens (tertiary/aromatic N) is 1. The van der Waals surface area contributed by atoms with Crippen molar-refractivity contribution < 1.29 is 14.0 Å². The van der Waals surface area contributed by atoms with Crippen molar-refractivity contribution in [3.8, 4) is 0 Å². The Morgan fingerprint density at radius 2 is 1.72 bits per heavy atom. The molecule has 0 saturated heterocycles. The van der Waals surface area contributed by atoms with Crippen LogP contribution in [-0.2, 0) is 16.1 Å². The Morgan fingerprint density at radius 3 is 2.31 bits per heavy atom. The van der Waals surface area contributed by atoms with Gasteiger partial charge in [-0.2, -0.15) is 0 Å². The quantitative estimate of drug-likeness (QED) is 0.673. The number of amides is 2. The number of hydrogen-bond donors (Lipinski definition) is 1. The molecule has 0 bridgehead atoms. The first kappa shape index (κ1) is 22.9. The van der Waals surface area contributed by atoms with E-state index in [9.17, 15) is 14.0 Å². The lowest BCUT2D eigenvalue weighted by molar-refractivity contribution is -0.139. The topological polar surface area (TPSA) is 49.4 Å². The van der Waals surface area contributed by atoms with E-state index in [2.05, 4.69) is 5.32 Å². The Bertz CT molecular complexity index is 847. The first-order valence-corrected chi connectivity index (χ1v) is 10.6. The molecule has 0 spiro atoms. The maximum atomic E-state index is 14.2. The Kier molecular flexibility index (Phi) is 7.85. The Morgan fingerprint density at radius 1 is 1.10 bits per heavy atom. The first-order valence-electron chi connectivity index (χ1n) is 9.61. The van der Waals surface area contributed by atoms with Gasteiger partial charge in [0.2, 0.25) is 11.8 Å². The summed E-state index contributed by atoms with van der Waals surface area (Å²) in [4.78, 5) is 28.1. The van der Waals surface area contributed by atoms with Gasteiger partial charge in [0, 0.05) is 22.5 Å². The maximum absolute atomic E-state index is 14.2. The number of rotatable bonds is 7. The van der Waals surface area contributed by atoms with Crippen LogP contribution in [0.2, 0.25) is 0 Å². The first-order chi connectivity index (χ1) is 13.6. The smallest absolute Gasteiger partial charge is 0.242 e. The van der Waals surface area contributed by atoms with E-state index in [-0.39, 0.29) is 29.9 Å². The summed E-state index contributed by atoms with van der Waals surface area (Å²) in [6, 6.07) is 13.5. The zero-order valence-electron chi connectivity index (χ0n) is 17.7. The molecule has 0 fully saturated rings. The Hall–Kier alpha value is -2.34. The fourth-order valence-corrected chi connectivity index (χ4v) is 3.51. The lowest BCUT2D eigenvalue weighted by Crippen LogP contribution is -2.52. The Labute approximate surface area is 176 Å². The summed E-state index contributed by atoms with van der Waals surface area (Å²) in [6.45, 7) is 9.37. The number of nitrogens with one attached hydrogen (secondary N) is 1. The van der Waals surface area contributed by atoms with Crippen molar-refractivity contribution >= 4 is 23.6 Å². The average molecular weight is 417 g/mol. The summed E-state index contributed by atoms with van der Waals surface area (Å²) in [7, 11) is 0. The zero-order chi connectivity index (χ0) is 21.6. The molecule has 2 aromatic rings. The summed E-state index contributed by atoms with van der Waals surface area (Å²) in [5.74, 6) is -0.692. The molecule has 0 aliphatic rings. The highest BCUT2D eigenvalue weighted by Gasteiger charge is 2.28. The molecule has 0 saturated carbocycles. The van der Waals surface area contributed by atoms with Crippen molar-refractivity contribution in [3.05, 3.63) is 65.5 Å². The van der Waals surface area contributed by atoms with E-state index in [1.54, 1.807) is 25.1 Å². The van der Waals surface area contributed by atoms with Gasteiger partial charge in [0.1, 0.15) is 11.9 Å². The molecule has 29 heavy (non-hydrogen) atoms. The fourth-order valence-electron chi connectivity index (χ4n) is 2.73. The van der Waals surface area contributed by atoms with E-state index >= 15 is 0 Å². The van der Waals surface area contributed by atoms with E-state index in [1.165, 1.54) is 22.7 Å². The molecule has 1 atom stereocenters. The largest absolute Gasteiger partial charge is 0.350 e. The molecule has 2 aromatic carbocycles. The number of benzene rings is 2. The van der Waals surface area contributed by atoms with Crippen LogP contribution in [-0.4, -0.2) is 34.0 Å². The lowest BCUT2D eigenvalue weighted by Gasteiger charge is -2.31. The minimum atomic E-state index is -0.722. The van der Waals surface area contributed by atoms with Crippen LogP contribution in [0.25, 0.3) is 0 Å². The van der Waals surface area contributed by atoms with Crippen LogP contribution in [0.3, 0.4) is 0 Å². The summed E-state index contributed by atoms with van der Waals surface area (Å²) in [5.41, 5.74) is 1.11. The molecular formula is C23H29FN2O2S. The van der Waals surface area contributed by atoms with Gasteiger partial charge in [-0.1, -0.05) is 35.9 Å². The summed E-state index contributed by atoms with van der Waals surface area (Å²) >= 11 is 1.41. The molecule has 0 aliphatic heterocycles. The molecule has 0 heterocycles. The van der Waals surface area contributed by atoms with Gasteiger partial charge in [-0.15, -0.1) is 11.8 Å². The number of thioether (sulfide) groups is 1. The molecule has 0 aromatic heterocycles. The molecule has 6 heteroatoms. The van der Waals surface area contributed by atoms with Crippen LogP contribution < -0.4 is 5.32 Å². The highest BCUT2D eigenvalue weighted by molar-refractivity contribution is 8.00. The molecule has 2 rings (SSSR count). The molecule has 4 nitrogen and oxygen atoms in total. The number of carbonyl (C=O) groups excluding carboxylic acids is 2. The number of carbonyl (C=O) groups is 2. The van der Waals surface area contributed by atoms with Gasteiger partial charge >= 0.3 is 0 Å². The monoisotopic (exact) mass is 416 g/mol. The predicted molar refractivity (Wildman–Crippen MR) is 116 cm³/mol. The summed E-state index contributed by atoms with van der Waals surface area (Å²) < 4.78 is 14.2. The van der Waals surface area contributed by atoms with E-state index < -0.39 is 11.6 Å². The number of hydrogen-bond acceptors (Lipinski definition) is 3. The lowest BCUT2D eigenvalue weighted by atomic mass is 10.1. The third-order valence-corrected chi connectivity index (χ3v) is 5.34. The minimum Gasteiger partial charge on any atom is -0.350 e. The molecule has 0 radical (unpaired) electrons. The average Bonchev–Trinajstić information content (AvgIpc) is 2.65. The van der Waals surface area contributed by atoms with Gasteiger partial charge in [-0.3, -0.25) is 9.59 Å². The predicted octanol–water partition coefficient (Wildman–Crippen LogP) is 4.56. The van der Waals surface area contributed by atoms with E-state index in [0.717, 1.165) is 10.5 Å². The second kappa shape index (κ2) is 9.92. The van der Waals surface area contributed by atoms with Crippen LogP contribution in [0.1, 0.15) is 38.8 Å². The highest BCUT2D eigenvalue weighted by Crippen LogP contribution is 2.21. The SMILES string of the molecule is Cc1ccc(SCC(=O)N(Cc2ccccc2F)[C@H](C)C(=O)NC(C)(C)C)cc1. The van der Waals surface area contributed by atoms with Crippen molar-refractivity contribution in [1.29, 1.82) is 0 Å². The zero-order valence-corrected chi connectivity index (χ0v) is 18.5. The normalized spacial score (nSPS) is 12.3. The van der Waals surface area contributed by atoms with Gasteiger partial charge in [-0.25, -0.2) is 4.39 Å². The Balaban J connectivity index is 2.18. The van der Waals surface area contributed by atoms with Crippen molar-refractivity contribution in [1.82, 2.24) is 10.2 Å². The van der Waals surface area contributed by atoms with E-state index in [1.807, 2.05) is 52.0 Å². The highest BCUT2D eigenvalue weighted by atomic mass is 32.2. The third-order valence-electron chi connectivity index (χ3n) is 4.35. The van der Waals surface area contributed by atoms with Gasteiger partial charge in [0.25, 0.3) is 0 Å². The molecule has 0 unspecified atom stereocenters. The van der Waals surface area contributed by atoms with Crippen molar-refractivity contribution in [2.75, 3.05) is 5.75 Å². The second-order valence-electron chi connectivity index (χ2n) is 8.13. The molecule has 2 amide bonds. The fraction of sp³-hybridized carbons (Fsp3) is 0.391. The molecule has 0 aliphatic carbocycles. The molecule has 1 N–H and O–H groups in total. The van der Waals surface area contributed by atoms with Gasteiger partial charge < -0.3 is 10.2 Å². The van der Waals surface area contributed by atoms with E-state index in [4.69, 9.17) is 0 Å². The molecule has 156 valence electrons. The number of halogens is 1. The van der Waals surface area contributed by atoms with Gasteiger partial charge in [0.05, 0.1) is 5.75 Å². The second-order valence-corrected chi connectivity index (χ2v) is 9.18. The summed E-state index contributed by atoms with van der Waals surface area (Å²) in [5, 5.41) is 2.90. The van der Waals surface area contributed by atoms with Gasteiger partial charge in [-0.05, 0) is 52.8 Å². The van der Waals surface area contributed by atoms with Crippen LogP contribution in [0.5, 0.6) is 0 Å². The molecular weight excluding hydrogens is 387 g/mol. The van der Waals surface area contributed by atoms with E-state index in [0.29, 0.717) is 5.56 Å². The van der Waals surface area contributed by atoms with Crippen LogP contribution >= 0.6 is 11.8 Å². The standard InChI is InChI=1S/C23H29FN2O2S/c1-16-10-12-19(13-11-16)29-15-21(27)26(14-18-8-6-7-9-20(18)24)17(2)22(28)25-23(3,4)5/h6-13,17H,14-15H2,1-5H3,(H,25,28)/t17-/m1/s1. The van der Waals surface area contributed by atoms with Crippen LogP contribution in [0.4, 0.5) is 4.39 Å². The number of aryl methyl sites for hydroxylation is 1. The van der Waals surface area contributed by atoms with Crippen LogP contribution in [0, 0.1) is 12.7 Å². The van der Waals surface area contributed by atoms with Crippen LogP contribution in [0.15, 0.2) is 53.4 Å².